The number of hydrogen-bond donors (Lipinski definition) is 0. The third kappa shape index (κ3) is 5.63. The Bertz CT molecular complexity index is 3230. The van der Waals surface area contributed by atoms with E-state index in [1.54, 1.807) is 0 Å². The molecule has 0 aliphatic rings. The molecule has 0 radical (unpaired) electrons. The summed E-state index contributed by atoms with van der Waals surface area (Å²) in [5, 5.41) is 4.98. The molecule has 0 N–H and O–H groups in total. The minimum absolute atomic E-state index is 1.12. The van der Waals surface area contributed by atoms with Crippen molar-refractivity contribution < 1.29 is 0 Å². The molecule has 0 spiro atoms. The van der Waals surface area contributed by atoms with Gasteiger partial charge in [-0.25, -0.2) is 0 Å². The molecule has 0 fully saturated rings. The fourth-order valence-corrected chi connectivity index (χ4v) is 9.74. The van der Waals surface area contributed by atoms with E-state index in [0.29, 0.717) is 0 Å². The van der Waals surface area contributed by atoms with Crippen LogP contribution in [0.1, 0.15) is 0 Å². The highest BCUT2D eigenvalue weighted by atomic mass is 32.1. The van der Waals surface area contributed by atoms with Crippen LogP contribution in [0, 0.1) is 0 Å². The summed E-state index contributed by atoms with van der Waals surface area (Å²) in [6.07, 6.45) is 0. The molecule has 0 saturated carbocycles. The quantitative estimate of drug-likeness (QED) is 0.158. The Morgan fingerprint density at radius 3 is 1.70 bits per heavy atom. The largest absolute Gasteiger partial charge is 0.309 e. The number of anilines is 3. The Labute approximate surface area is 335 Å². The van der Waals surface area contributed by atoms with Gasteiger partial charge in [0.05, 0.1) is 22.4 Å². The first kappa shape index (κ1) is 33.2. The van der Waals surface area contributed by atoms with Crippen LogP contribution in [0.5, 0.6) is 0 Å². The molecule has 11 aromatic rings. The maximum absolute atomic E-state index is 2.49. The third-order valence-corrected chi connectivity index (χ3v) is 12.3. The predicted octanol–water partition coefficient (Wildman–Crippen LogP) is 15.6. The Balaban J connectivity index is 1.19. The molecule has 9 aromatic carbocycles. The molecule has 3 heteroatoms. The SMILES string of the molecule is c1ccc(-c2ccc(-n3c4ccccc4c4c(N(c5ccc6sc7ccccc7c6c5)c5ccccc5-c5ccccc5)cccc43)cc2-c2ccccc2)cc1. The number of fused-ring (bicyclic) bond motifs is 6. The summed E-state index contributed by atoms with van der Waals surface area (Å²) in [5.74, 6) is 0. The van der Waals surface area contributed by atoms with Crippen molar-refractivity contribution in [2.24, 2.45) is 0 Å². The first-order valence-electron chi connectivity index (χ1n) is 19.4. The first-order valence-corrected chi connectivity index (χ1v) is 20.3. The Morgan fingerprint density at radius 1 is 0.351 bits per heavy atom. The fourth-order valence-electron chi connectivity index (χ4n) is 8.65. The zero-order valence-corrected chi connectivity index (χ0v) is 31.9. The molecule has 0 aliphatic heterocycles. The van der Waals surface area contributed by atoms with Crippen molar-refractivity contribution in [3.8, 4) is 39.1 Å². The second kappa shape index (κ2) is 13.8. The molecule has 0 amide bonds. The molecule has 0 saturated heterocycles. The van der Waals surface area contributed by atoms with Crippen molar-refractivity contribution in [2.75, 3.05) is 4.90 Å². The number of thiophene rings is 1. The summed E-state index contributed by atoms with van der Waals surface area (Å²) in [5.41, 5.74) is 14.0. The van der Waals surface area contributed by atoms with E-state index in [1.165, 1.54) is 69.8 Å². The highest BCUT2D eigenvalue weighted by Gasteiger charge is 2.24. The smallest absolute Gasteiger partial charge is 0.0562 e. The number of para-hydroxylation sites is 2. The van der Waals surface area contributed by atoms with Gasteiger partial charge in [0, 0.05) is 47.9 Å². The van der Waals surface area contributed by atoms with Crippen LogP contribution in [-0.2, 0) is 0 Å². The van der Waals surface area contributed by atoms with Gasteiger partial charge in [0.2, 0.25) is 0 Å². The molecule has 2 aromatic heterocycles. The molecule has 0 unspecified atom stereocenters. The van der Waals surface area contributed by atoms with Crippen LogP contribution in [-0.4, -0.2) is 4.57 Å². The molecule has 11 rings (SSSR count). The lowest BCUT2D eigenvalue weighted by molar-refractivity contribution is 1.18. The second-order valence-electron chi connectivity index (χ2n) is 14.5. The summed E-state index contributed by atoms with van der Waals surface area (Å²) in [7, 11) is 0. The summed E-state index contributed by atoms with van der Waals surface area (Å²) < 4.78 is 5.05. The van der Waals surface area contributed by atoms with Gasteiger partial charge in [0.1, 0.15) is 0 Å². The van der Waals surface area contributed by atoms with Gasteiger partial charge in [0.25, 0.3) is 0 Å². The molecule has 268 valence electrons. The van der Waals surface area contributed by atoms with Crippen LogP contribution in [0.2, 0.25) is 0 Å². The van der Waals surface area contributed by atoms with Crippen LogP contribution >= 0.6 is 11.3 Å². The lowest BCUT2D eigenvalue weighted by Crippen LogP contribution is -2.11. The van der Waals surface area contributed by atoms with E-state index in [0.717, 1.165) is 28.3 Å². The van der Waals surface area contributed by atoms with Gasteiger partial charge in [-0.2, -0.15) is 0 Å². The topological polar surface area (TPSA) is 8.17 Å². The molecule has 0 bridgehead atoms. The Morgan fingerprint density at radius 2 is 0.930 bits per heavy atom. The number of nitrogens with zero attached hydrogens (tertiary/aromatic N) is 2. The van der Waals surface area contributed by atoms with Gasteiger partial charge in [-0.1, -0.05) is 158 Å². The van der Waals surface area contributed by atoms with Crippen molar-refractivity contribution in [1.82, 2.24) is 4.57 Å². The zero-order chi connectivity index (χ0) is 37.7. The highest BCUT2D eigenvalue weighted by Crippen LogP contribution is 2.48. The van der Waals surface area contributed by atoms with E-state index >= 15 is 0 Å². The fraction of sp³-hybridized carbons (Fsp3) is 0. The van der Waals surface area contributed by atoms with Crippen molar-refractivity contribution in [3.63, 3.8) is 0 Å². The maximum atomic E-state index is 2.49. The summed E-state index contributed by atoms with van der Waals surface area (Å²) in [4.78, 5) is 2.49. The van der Waals surface area contributed by atoms with Crippen LogP contribution in [0.4, 0.5) is 17.1 Å². The average Bonchev–Trinajstić information content (AvgIpc) is 3.83. The number of hydrogen-bond acceptors (Lipinski definition) is 2. The summed E-state index contributed by atoms with van der Waals surface area (Å²) in [6, 6.07) is 79.4. The lowest BCUT2D eigenvalue weighted by atomic mass is 9.94. The van der Waals surface area contributed by atoms with E-state index in [9.17, 15) is 0 Å². The van der Waals surface area contributed by atoms with E-state index in [2.05, 4.69) is 228 Å². The minimum Gasteiger partial charge on any atom is -0.309 e. The van der Waals surface area contributed by atoms with Crippen molar-refractivity contribution in [3.05, 3.63) is 218 Å². The zero-order valence-electron chi connectivity index (χ0n) is 31.1. The van der Waals surface area contributed by atoms with Gasteiger partial charge in [-0.3, -0.25) is 0 Å². The van der Waals surface area contributed by atoms with Gasteiger partial charge >= 0.3 is 0 Å². The van der Waals surface area contributed by atoms with Crippen LogP contribution < -0.4 is 4.90 Å². The average molecular weight is 745 g/mol. The summed E-state index contributed by atoms with van der Waals surface area (Å²) >= 11 is 1.86. The van der Waals surface area contributed by atoms with E-state index in [1.807, 2.05) is 11.3 Å². The second-order valence-corrected chi connectivity index (χ2v) is 15.6. The first-order chi connectivity index (χ1) is 28.3. The van der Waals surface area contributed by atoms with Gasteiger partial charge in [0.15, 0.2) is 0 Å². The Hall–Kier alpha value is -7.20. The van der Waals surface area contributed by atoms with Crippen molar-refractivity contribution >= 4 is 70.4 Å². The summed E-state index contributed by atoms with van der Waals surface area (Å²) in [6.45, 7) is 0. The minimum atomic E-state index is 1.12. The van der Waals surface area contributed by atoms with Crippen LogP contribution in [0.3, 0.4) is 0 Å². The number of benzene rings is 9. The van der Waals surface area contributed by atoms with Crippen LogP contribution in [0.15, 0.2) is 218 Å². The maximum Gasteiger partial charge on any atom is 0.0562 e. The van der Waals surface area contributed by atoms with Gasteiger partial charge in [-0.15, -0.1) is 11.3 Å². The molecule has 2 heterocycles. The molecular weight excluding hydrogens is 709 g/mol. The number of rotatable bonds is 7. The predicted molar refractivity (Wildman–Crippen MR) is 245 cm³/mol. The molecular formula is C54H36N2S. The standard InChI is InChI=1S/C54H36N2S/c1-4-17-37(18-5-1)42-33-31-40(35-46(42)39-21-8-3-9-22-39)56-49-27-14-11-25-45(49)54-50(28-16-29-51(54)56)55(48-26-13-10-23-43(48)38-19-6-2-7-20-38)41-32-34-53-47(36-41)44-24-12-15-30-52(44)57-53/h1-36H. The third-order valence-electron chi connectivity index (χ3n) is 11.2. The highest BCUT2D eigenvalue weighted by molar-refractivity contribution is 7.25. The molecule has 0 atom stereocenters. The van der Waals surface area contributed by atoms with Gasteiger partial charge < -0.3 is 9.47 Å². The lowest BCUT2D eigenvalue weighted by Gasteiger charge is -2.29. The normalized spacial score (nSPS) is 11.5. The molecule has 2 nitrogen and oxygen atoms in total. The molecule has 57 heavy (non-hydrogen) atoms. The van der Waals surface area contributed by atoms with Crippen LogP contribution in [0.25, 0.3) is 81.0 Å². The monoisotopic (exact) mass is 744 g/mol. The van der Waals surface area contributed by atoms with E-state index in [-0.39, 0.29) is 0 Å². The van der Waals surface area contributed by atoms with Crippen molar-refractivity contribution in [1.29, 1.82) is 0 Å². The Kier molecular flexibility index (Phi) is 8.04. The van der Waals surface area contributed by atoms with Gasteiger partial charge in [-0.05, 0) is 88.5 Å². The van der Waals surface area contributed by atoms with E-state index < -0.39 is 0 Å². The number of aromatic nitrogens is 1. The van der Waals surface area contributed by atoms with E-state index in [4.69, 9.17) is 0 Å². The molecule has 0 aliphatic carbocycles. The van der Waals surface area contributed by atoms with Crippen molar-refractivity contribution in [2.45, 2.75) is 0 Å².